The molecule has 0 saturated heterocycles. The molecule has 1 amide bonds. The minimum absolute atomic E-state index is 0.280. The highest BCUT2D eigenvalue weighted by Gasteiger charge is 2.12. The number of nitrogens with one attached hydrogen (secondary N) is 1. The van der Waals surface area contributed by atoms with E-state index in [1.165, 1.54) is 17.1 Å². The number of aryl methyl sites for hydroxylation is 2. The van der Waals surface area contributed by atoms with Crippen LogP contribution >= 0.6 is 0 Å². The van der Waals surface area contributed by atoms with E-state index in [1.807, 2.05) is 6.92 Å². The zero-order chi connectivity index (χ0) is 14.0. The van der Waals surface area contributed by atoms with Gasteiger partial charge in [-0.25, -0.2) is 0 Å². The SMILES string of the molecule is Cc1cc(NC(=O)c2cnn(CC(=O)O)c2)n(C)n1. The van der Waals surface area contributed by atoms with E-state index in [2.05, 4.69) is 15.5 Å². The van der Waals surface area contributed by atoms with Crippen molar-refractivity contribution in [1.82, 2.24) is 19.6 Å². The maximum atomic E-state index is 11.9. The van der Waals surface area contributed by atoms with Crippen LogP contribution in [0.5, 0.6) is 0 Å². The molecule has 0 aliphatic heterocycles. The second kappa shape index (κ2) is 4.92. The van der Waals surface area contributed by atoms with Crippen molar-refractivity contribution in [3.63, 3.8) is 0 Å². The smallest absolute Gasteiger partial charge is 0.325 e. The summed E-state index contributed by atoms with van der Waals surface area (Å²) in [4.78, 5) is 22.4. The van der Waals surface area contributed by atoms with Gasteiger partial charge in [-0.3, -0.25) is 19.0 Å². The number of carbonyl (C=O) groups excluding carboxylic acids is 1. The van der Waals surface area contributed by atoms with Crippen LogP contribution in [-0.4, -0.2) is 36.5 Å². The van der Waals surface area contributed by atoms with Crippen LogP contribution in [0, 0.1) is 6.92 Å². The standard InChI is InChI=1S/C11H13N5O3/c1-7-3-9(15(2)14-7)13-11(19)8-4-12-16(5-8)6-10(17)18/h3-5H,6H2,1-2H3,(H,13,19)(H,17,18). The van der Waals surface area contributed by atoms with Crippen LogP contribution in [0.15, 0.2) is 18.5 Å². The van der Waals surface area contributed by atoms with Crippen LogP contribution in [0.3, 0.4) is 0 Å². The molecule has 0 fully saturated rings. The second-order valence-electron chi connectivity index (χ2n) is 4.07. The molecule has 0 unspecified atom stereocenters. The Kier molecular flexibility index (Phi) is 3.32. The molecule has 8 nitrogen and oxygen atoms in total. The van der Waals surface area contributed by atoms with E-state index in [9.17, 15) is 9.59 Å². The van der Waals surface area contributed by atoms with Gasteiger partial charge in [-0.2, -0.15) is 10.2 Å². The third kappa shape index (κ3) is 2.97. The summed E-state index contributed by atoms with van der Waals surface area (Å²) in [6.07, 6.45) is 2.70. The Labute approximate surface area is 108 Å². The van der Waals surface area contributed by atoms with Crippen molar-refractivity contribution < 1.29 is 14.7 Å². The van der Waals surface area contributed by atoms with Gasteiger partial charge in [0.25, 0.3) is 5.91 Å². The summed E-state index contributed by atoms with van der Waals surface area (Å²) in [5.41, 5.74) is 1.08. The monoisotopic (exact) mass is 263 g/mol. The molecule has 100 valence electrons. The lowest BCUT2D eigenvalue weighted by Gasteiger charge is -2.02. The molecule has 0 bridgehead atoms. The topological polar surface area (TPSA) is 102 Å². The number of hydrogen-bond donors (Lipinski definition) is 2. The maximum absolute atomic E-state index is 11.9. The van der Waals surface area contributed by atoms with E-state index in [1.54, 1.807) is 17.8 Å². The zero-order valence-electron chi connectivity index (χ0n) is 10.5. The van der Waals surface area contributed by atoms with Gasteiger partial charge in [-0.15, -0.1) is 0 Å². The van der Waals surface area contributed by atoms with Crippen LogP contribution in [0.4, 0.5) is 5.82 Å². The molecule has 2 N–H and O–H groups in total. The third-order valence-electron chi connectivity index (χ3n) is 2.44. The van der Waals surface area contributed by atoms with Gasteiger partial charge < -0.3 is 10.4 Å². The van der Waals surface area contributed by atoms with Crippen molar-refractivity contribution in [3.05, 3.63) is 29.7 Å². The lowest BCUT2D eigenvalue weighted by molar-refractivity contribution is -0.137. The fraction of sp³-hybridized carbons (Fsp3) is 0.273. The van der Waals surface area contributed by atoms with E-state index in [0.717, 1.165) is 5.69 Å². The van der Waals surface area contributed by atoms with Crippen molar-refractivity contribution >= 4 is 17.7 Å². The molecule has 0 atom stereocenters. The average Bonchev–Trinajstić information content (AvgIpc) is 2.86. The lowest BCUT2D eigenvalue weighted by atomic mass is 10.3. The highest BCUT2D eigenvalue weighted by molar-refractivity contribution is 6.03. The molecule has 0 aromatic carbocycles. The predicted molar refractivity (Wildman–Crippen MR) is 65.8 cm³/mol. The first-order valence-electron chi connectivity index (χ1n) is 5.52. The fourth-order valence-electron chi connectivity index (χ4n) is 1.62. The van der Waals surface area contributed by atoms with E-state index in [4.69, 9.17) is 5.11 Å². The number of hydrogen-bond acceptors (Lipinski definition) is 4. The number of aliphatic carboxylic acids is 1. The molecule has 0 aliphatic rings. The molecule has 2 heterocycles. The molecule has 0 radical (unpaired) electrons. The first kappa shape index (κ1) is 12.8. The van der Waals surface area contributed by atoms with Gasteiger partial charge in [0, 0.05) is 19.3 Å². The Morgan fingerprint density at radius 1 is 1.47 bits per heavy atom. The summed E-state index contributed by atoms with van der Waals surface area (Å²) in [7, 11) is 1.72. The van der Waals surface area contributed by atoms with Crippen molar-refractivity contribution in [2.45, 2.75) is 13.5 Å². The molecular formula is C11H13N5O3. The number of amides is 1. The highest BCUT2D eigenvalue weighted by atomic mass is 16.4. The third-order valence-corrected chi connectivity index (χ3v) is 2.44. The van der Waals surface area contributed by atoms with Crippen molar-refractivity contribution in [3.8, 4) is 0 Å². The van der Waals surface area contributed by atoms with E-state index in [-0.39, 0.29) is 12.5 Å². The van der Waals surface area contributed by atoms with Crippen LogP contribution in [0.2, 0.25) is 0 Å². The number of nitrogens with zero attached hydrogens (tertiary/aromatic N) is 4. The molecule has 19 heavy (non-hydrogen) atoms. The first-order chi connectivity index (χ1) is 8.95. The molecule has 0 aliphatic carbocycles. The van der Waals surface area contributed by atoms with Gasteiger partial charge in [0.1, 0.15) is 12.4 Å². The van der Waals surface area contributed by atoms with Gasteiger partial charge in [-0.1, -0.05) is 0 Å². The van der Waals surface area contributed by atoms with Gasteiger partial charge in [0.15, 0.2) is 0 Å². The van der Waals surface area contributed by atoms with E-state index < -0.39 is 5.97 Å². The van der Waals surface area contributed by atoms with Crippen LogP contribution in [0.1, 0.15) is 16.1 Å². The summed E-state index contributed by atoms with van der Waals surface area (Å²) in [5.74, 6) is -0.814. The lowest BCUT2D eigenvalue weighted by Crippen LogP contribution is -2.14. The first-order valence-corrected chi connectivity index (χ1v) is 5.52. The van der Waals surface area contributed by atoms with Crippen molar-refractivity contribution in [2.75, 3.05) is 5.32 Å². The summed E-state index contributed by atoms with van der Waals surface area (Å²) in [5, 5.41) is 19.2. The minimum atomic E-state index is -1.02. The van der Waals surface area contributed by atoms with Gasteiger partial charge in [0.05, 0.1) is 17.5 Å². The Hall–Kier alpha value is -2.64. The fourth-order valence-corrected chi connectivity index (χ4v) is 1.62. The second-order valence-corrected chi connectivity index (χ2v) is 4.07. The molecule has 8 heteroatoms. The number of carboxylic acid groups (broad SMARTS) is 1. The Morgan fingerprint density at radius 2 is 2.21 bits per heavy atom. The maximum Gasteiger partial charge on any atom is 0.325 e. The molecule has 2 rings (SSSR count). The molecule has 2 aromatic heterocycles. The van der Waals surface area contributed by atoms with Crippen molar-refractivity contribution in [2.24, 2.45) is 7.05 Å². The summed E-state index contributed by atoms with van der Waals surface area (Å²) >= 11 is 0. The summed E-state index contributed by atoms with van der Waals surface area (Å²) in [6.45, 7) is 1.54. The van der Waals surface area contributed by atoms with Crippen LogP contribution < -0.4 is 5.32 Å². The van der Waals surface area contributed by atoms with Crippen LogP contribution in [0.25, 0.3) is 0 Å². The Balaban J connectivity index is 2.09. The van der Waals surface area contributed by atoms with Gasteiger partial charge in [0.2, 0.25) is 0 Å². The number of anilines is 1. The Bertz CT molecular complexity index is 628. The molecule has 0 saturated carbocycles. The average molecular weight is 263 g/mol. The predicted octanol–water partition coefficient (Wildman–Crippen LogP) is 0.262. The molecule has 0 spiro atoms. The highest BCUT2D eigenvalue weighted by Crippen LogP contribution is 2.10. The number of carbonyl (C=O) groups is 2. The zero-order valence-corrected chi connectivity index (χ0v) is 10.5. The summed E-state index contributed by atoms with van der Waals surface area (Å²) < 4.78 is 2.74. The quantitative estimate of drug-likeness (QED) is 0.823. The Morgan fingerprint density at radius 3 is 2.79 bits per heavy atom. The van der Waals surface area contributed by atoms with Crippen molar-refractivity contribution in [1.29, 1.82) is 0 Å². The minimum Gasteiger partial charge on any atom is -0.480 e. The molecular weight excluding hydrogens is 250 g/mol. The van der Waals surface area contributed by atoms with Gasteiger partial charge in [-0.05, 0) is 6.92 Å². The number of aromatic nitrogens is 4. The number of carboxylic acids is 1. The van der Waals surface area contributed by atoms with E-state index >= 15 is 0 Å². The molecule has 2 aromatic rings. The van der Waals surface area contributed by atoms with E-state index in [0.29, 0.717) is 11.4 Å². The largest absolute Gasteiger partial charge is 0.480 e. The normalized spacial score (nSPS) is 10.4. The van der Waals surface area contributed by atoms with Gasteiger partial charge >= 0.3 is 5.97 Å². The van der Waals surface area contributed by atoms with Crippen LogP contribution in [-0.2, 0) is 18.4 Å². The summed E-state index contributed by atoms with van der Waals surface area (Å²) in [6, 6.07) is 1.74. The number of rotatable bonds is 4.